The SMILES string of the molecule is CC(CC(=O)Nc1ccc(F)c(C#N)c1)C1CCCNC1. The van der Waals surface area contributed by atoms with Crippen molar-refractivity contribution < 1.29 is 9.18 Å². The number of halogens is 1. The van der Waals surface area contributed by atoms with Gasteiger partial charge in [-0.05, 0) is 56.0 Å². The molecule has 1 aliphatic rings. The molecule has 1 saturated heterocycles. The highest BCUT2D eigenvalue weighted by Gasteiger charge is 2.22. The summed E-state index contributed by atoms with van der Waals surface area (Å²) in [5.74, 6) is 0.154. The second-order valence-electron chi connectivity index (χ2n) is 5.64. The number of amides is 1. The molecule has 0 saturated carbocycles. The van der Waals surface area contributed by atoms with Crippen LogP contribution in [0.15, 0.2) is 18.2 Å². The lowest BCUT2D eigenvalue weighted by Crippen LogP contribution is -2.34. The third-order valence-electron chi connectivity index (χ3n) is 4.02. The van der Waals surface area contributed by atoms with E-state index in [1.54, 1.807) is 6.07 Å². The summed E-state index contributed by atoms with van der Waals surface area (Å²) in [4.78, 5) is 12.0. The molecule has 0 bridgehead atoms. The molecule has 0 spiro atoms. The summed E-state index contributed by atoms with van der Waals surface area (Å²) < 4.78 is 13.2. The van der Waals surface area contributed by atoms with Crippen molar-refractivity contribution in [1.29, 1.82) is 5.26 Å². The van der Waals surface area contributed by atoms with Gasteiger partial charge in [0.15, 0.2) is 0 Å². The summed E-state index contributed by atoms with van der Waals surface area (Å²) in [6, 6.07) is 5.80. The van der Waals surface area contributed by atoms with Gasteiger partial charge < -0.3 is 10.6 Å². The molecule has 112 valence electrons. The van der Waals surface area contributed by atoms with E-state index in [4.69, 9.17) is 5.26 Å². The van der Waals surface area contributed by atoms with Crippen LogP contribution in [0.4, 0.5) is 10.1 Å². The van der Waals surface area contributed by atoms with E-state index in [0.717, 1.165) is 25.9 Å². The fourth-order valence-electron chi connectivity index (χ4n) is 2.72. The Morgan fingerprint density at radius 3 is 3.10 bits per heavy atom. The number of hydrogen-bond donors (Lipinski definition) is 2. The Labute approximate surface area is 124 Å². The lowest BCUT2D eigenvalue weighted by Gasteiger charge is -2.28. The minimum absolute atomic E-state index is 0.0580. The van der Waals surface area contributed by atoms with E-state index in [9.17, 15) is 9.18 Å². The average molecular weight is 289 g/mol. The molecule has 2 rings (SSSR count). The minimum Gasteiger partial charge on any atom is -0.326 e. The van der Waals surface area contributed by atoms with Gasteiger partial charge in [-0.1, -0.05) is 6.92 Å². The van der Waals surface area contributed by atoms with E-state index < -0.39 is 5.82 Å². The molecule has 21 heavy (non-hydrogen) atoms. The van der Waals surface area contributed by atoms with E-state index >= 15 is 0 Å². The normalized spacial score (nSPS) is 19.6. The number of nitrogens with zero attached hydrogens (tertiary/aromatic N) is 1. The Morgan fingerprint density at radius 2 is 2.43 bits per heavy atom. The van der Waals surface area contributed by atoms with E-state index in [1.807, 2.05) is 0 Å². The highest BCUT2D eigenvalue weighted by atomic mass is 19.1. The largest absolute Gasteiger partial charge is 0.326 e. The molecular weight excluding hydrogens is 269 g/mol. The van der Waals surface area contributed by atoms with Crippen molar-refractivity contribution >= 4 is 11.6 Å². The topological polar surface area (TPSA) is 64.9 Å². The summed E-state index contributed by atoms with van der Waals surface area (Å²) >= 11 is 0. The Morgan fingerprint density at radius 1 is 1.62 bits per heavy atom. The third-order valence-corrected chi connectivity index (χ3v) is 4.02. The van der Waals surface area contributed by atoms with Crippen LogP contribution in [0.5, 0.6) is 0 Å². The van der Waals surface area contributed by atoms with Crippen LogP contribution in [0.1, 0.15) is 31.7 Å². The second-order valence-corrected chi connectivity index (χ2v) is 5.64. The average Bonchev–Trinajstić information content (AvgIpc) is 2.50. The van der Waals surface area contributed by atoms with Crippen molar-refractivity contribution in [2.75, 3.05) is 18.4 Å². The predicted molar refractivity (Wildman–Crippen MR) is 79.1 cm³/mol. The monoisotopic (exact) mass is 289 g/mol. The standard InChI is InChI=1S/C16H20FN3O/c1-11(12-3-2-6-19-10-12)7-16(21)20-14-4-5-15(17)13(8-14)9-18/h4-5,8,11-12,19H,2-3,6-7,10H2,1H3,(H,20,21). The van der Waals surface area contributed by atoms with Crippen LogP contribution in [-0.4, -0.2) is 19.0 Å². The van der Waals surface area contributed by atoms with E-state index in [2.05, 4.69) is 17.6 Å². The molecule has 0 aromatic heterocycles. The molecule has 1 aromatic carbocycles. The number of nitriles is 1. The maximum Gasteiger partial charge on any atom is 0.224 e. The number of nitrogens with one attached hydrogen (secondary N) is 2. The molecule has 1 amide bonds. The fourth-order valence-corrected chi connectivity index (χ4v) is 2.72. The third kappa shape index (κ3) is 4.27. The number of rotatable bonds is 4. The summed E-state index contributed by atoms with van der Waals surface area (Å²) in [6.45, 7) is 4.11. The van der Waals surface area contributed by atoms with Crippen molar-refractivity contribution in [3.63, 3.8) is 0 Å². The fraction of sp³-hybridized carbons (Fsp3) is 0.500. The maximum absolute atomic E-state index is 13.2. The first-order valence-electron chi connectivity index (χ1n) is 7.30. The lowest BCUT2D eigenvalue weighted by atomic mass is 9.85. The van der Waals surface area contributed by atoms with Crippen LogP contribution >= 0.6 is 0 Å². The van der Waals surface area contributed by atoms with Gasteiger partial charge >= 0.3 is 0 Å². The molecule has 0 aliphatic carbocycles. The van der Waals surface area contributed by atoms with Gasteiger partial charge in [-0.2, -0.15) is 5.26 Å². The summed E-state index contributed by atoms with van der Waals surface area (Å²) in [5, 5.41) is 14.9. The van der Waals surface area contributed by atoms with Crippen molar-refractivity contribution in [2.45, 2.75) is 26.2 Å². The molecule has 0 radical (unpaired) electrons. The lowest BCUT2D eigenvalue weighted by molar-refractivity contribution is -0.117. The zero-order chi connectivity index (χ0) is 15.2. The molecule has 5 heteroatoms. The van der Waals surface area contributed by atoms with Gasteiger partial charge in [0, 0.05) is 12.1 Å². The molecule has 1 heterocycles. The summed E-state index contributed by atoms with van der Waals surface area (Å²) in [7, 11) is 0. The van der Waals surface area contributed by atoms with Crippen LogP contribution in [0.2, 0.25) is 0 Å². The number of hydrogen-bond acceptors (Lipinski definition) is 3. The number of carbonyl (C=O) groups is 1. The van der Waals surface area contributed by atoms with Crippen LogP contribution in [0.25, 0.3) is 0 Å². The van der Waals surface area contributed by atoms with Crippen molar-refractivity contribution in [2.24, 2.45) is 11.8 Å². The van der Waals surface area contributed by atoms with Crippen molar-refractivity contribution in [3.8, 4) is 6.07 Å². The van der Waals surface area contributed by atoms with Crippen LogP contribution < -0.4 is 10.6 Å². The van der Waals surface area contributed by atoms with Gasteiger partial charge in [-0.25, -0.2) is 4.39 Å². The highest BCUT2D eigenvalue weighted by molar-refractivity contribution is 5.91. The quantitative estimate of drug-likeness (QED) is 0.895. The van der Waals surface area contributed by atoms with Gasteiger partial charge in [-0.15, -0.1) is 0 Å². The zero-order valence-corrected chi connectivity index (χ0v) is 12.2. The Hall–Kier alpha value is -1.93. The molecule has 4 nitrogen and oxygen atoms in total. The predicted octanol–water partition coefficient (Wildman–Crippen LogP) is 2.66. The summed E-state index contributed by atoms with van der Waals surface area (Å²) in [5.41, 5.74) is 0.407. The van der Waals surface area contributed by atoms with Gasteiger partial charge in [0.05, 0.1) is 5.56 Å². The zero-order valence-electron chi connectivity index (χ0n) is 12.2. The smallest absolute Gasteiger partial charge is 0.224 e. The molecule has 1 fully saturated rings. The molecule has 1 aromatic rings. The first kappa shape index (κ1) is 15.5. The van der Waals surface area contributed by atoms with Gasteiger partial charge in [0.1, 0.15) is 11.9 Å². The van der Waals surface area contributed by atoms with Gasteiger partial charge in [0.25, 0.3) is 0 Å². The van der Waals surface area contributed by atoms with E-state index in [1.165, 1.54) is 18.2 Å². The van der Waals surface area contributed by atoms with Crippen LogP contribution in [0.3, 0.4) is 0 Å². The first-order valence-corrected chi connectivity index (χ1v) is 7.30. The number of carbonyl (C=O) groups excluding carboxylic acids is 1. The number of piperidine rings is 1. The molecule has 2 unspecified atom stereocenters. The van der Waals surface area contributed by atoms with Crippen LogP contribution in [-0.2, 0) is 4.79 Å². The second kappa shape index (κ2) is 7.19. The van der Waals surface area contributed by atoms with Crippen molar-refractivity contribution in [3.05, 3.63) is 29.6 Å². The molecule has 1 aliphatic heterocycles. The van der Waals surface area contributed by atoms with E-state index in [0.29, 0.717) is 23.9 Å². The minimum atomic E-state index is -0.572. The van der Waals surface area contributed by atoms with Gasteiger partial charge in [0.2, 0.25) is 5.91 Å². The number of anilines is 1. The molecule has 2 N–H and O–H groups in total. The maximum atomic E-state index is 13.2. The number of benzene rings is 1. The molecular formula is C16H20FN3O. The van der Waals surface area contributed by atoms with Gasteiger partial charge in [-0.3, -0.25) is 4.79 Å². The first-order chi connectivity index (χ1) is 10.1. The van der Waals surface area contributed by atoms with Crippen LogP contribution in [0, 0.1) is 29.0 Å². The van der Waals surface area contributed by atoms with Crippen molar-refractivity contribution in [1.82, 2.24) is 5.32 Å². The highest BCUT2D eigenvalue weighted by Crippen LogP contribution is 2.23. The molecule has 2 atom stereocenters. The van der Waals surface area contributed by atoms with E-state index in [-0.39, 0.29) is 11.5 Å². The Balaban J connectivity index is 1.90. The summed E-state index contributed by atoms with van der Waals surface area (Å²) in [6.07, 6.45) is 2.74. The Bertz CT molecular complexity index is 547. The Kier molecular flexibility index (Phi) is 5.29.